The Hall–Kier alpha value is -3.64. The van der Waals surface area contributed by atoms with E-state index < -0.39 is 18.6 Å². The zero-order valence-corrected chi connectivity index (χ0v) is 18.6. The minimum atomic E-state index is -4.49. The maximum absolute atomic E-state index is 12.4. The van der Waals surface area contributed by atoms with Crippen molar-refractivity contribution in [2.45, 2.75) is 19.5 Å². The molecule has 2 atom stereocenters. The summed E-state index contributed by atoms with van der Waals surface area (Å²) in [5.41, 5.74) is 2.26. The molecule has 0 saturated heterocycles. The lowest BCUT2D eigenvalue weighted by Gasteiger charge is -2.13. The van der Waals surface area contributed by atoms with Crippen molar-refractivity contribution in [2.24, 2.45) is 11.8 Å². The number of carbonyl (C=O) groups is 2. The third-order valence-electron chi connectivity index (χ3n) is 5.58. The molecule has 0 radical (unpaired) electrons. The molecule has 6 nitrogen and oxygen atoms in total. The van der Waals surface area contributed by atoms with E-state index in [1.165, 1.54) is 12.1 Å². The van der Waals surface area contributed by atoms with Crippen molar-refractivity contribution in [2.75, 3.05) is 11.9 Å². The predicted octanol–water partition coefficient (Wildman–Crippen LogP) is 5.25. The van der Waals surface area contributed by atoms with E-state index in [0.29, 0.717) is 33.6 Å². The number of halogens is 4. The van der Waals surface area contributed by atoms with E-state index >= 15 is 0 Å². The number of hydrogen-bond acceptors (Lipinski definition) is 4. The average Bonchev–Trinajstić information content (AvgIpc) is 3.57. The van der Waals surface area contributed by atoms with E-state index in [9.17, 15) is 22.8 Å². The first-order valence-corrected chi connectivity index (χ1v) is 10.7. The molecule has 1 heterocycles. The Morgan fingerprint density at radius 3 is 2.65 bits per heavy atom. The standard InChI is InChI=1S/C24H18ClF3N4O2/c1-12-4-13(22(33)31-11-24(26,27)28)2-3-17(12)14-5-15-8-21(30-10-19(15)20(25)7-14)32-23(34)18-6-16(18)9-29/h2-5,7-8,10,16,18H,6,11H2,1H3,(H,31,33)(H,30,32,34). The normalized spacial score (nSPS) is 17.2. The van der Waals surface area contributed by atoms with Gasteiger partial charge in [-0.25, -0.2) is 4.98 Å². The van der Waals surface area contributed by atoms with Gasteiger partial charge >= 0.3 is 6.18 Å². The molecule has 3 aromatic rings. The van der Waals surface area contributed by atoms with Crippen molar-refractivity contribution in [1.29, 1.82) is 5.26 Å². The van der Waals surface area contributed by atoms with Crippen LogP contribution in [0.15, 0.2) is 42.6 Å². The smallest absolute Gasteiger partial charge is 0.343 e. The molecule has 1 fully saturated rings. The van der Waals surface area contributed by atoms with Crippen LogP contribution >= 0.6 is 11.6 Å². The third-order valence-corrected chi connectivity index (χ3v) is 5.89. The number of amides is 2. The lowest BCUT2D eigenvalue weighted by atomic mass is 9.96. The van der Waals surface area contributed by atoms with Crippen LogP contribution in [0, 0.1) is 30.1 Å². The van der Waals surface area contributed by atoms with Crippen molar-refractivity contribution < 1.29 is 22.8 Å². The number of carbonyl (C=O) groups excluding carboxylic acids is 2. The van der Waals surface area contributed by atoms with Crippen molar-refractivity contribution in [3.63, 3.8) is 0 Å². The number of anilines is 1. The van der Waals surface area contributed by atoms with Crippen molar-refractivity contribution in [1.82, 2.24) is 10.3 Å². The molecule has 10 heteroatoms. The Bertz CT molecular complexity index is 1350. The van der Waals surface area contributed by atoms with Gasteiger partial charge in [0.05, 0.1) is 22.9 Å². The van der Waals surface area contributed by atoms with E-state index in [4.69, 9.17) is 16.9 Å². The average molecular weight is 487 g/mol. The molecule has 1 saturated carbocycles. The highest BCUT2D eigenvalue weighted by molar-refractivity contribution is 6.36. The monoisotopic (exact) mass is 486 g/mol. The highest BCUT2D eigenvalue weighted by Gasteiger charge is 2.43. The van der Waals surface area contributed by atoms with E-state index in [0.717, 1.165) is 11.1 Å². The SMILES string of the molecule is Cc1cc(C(=O)NCC(F)(F)F)ccc1-c1cc(Cl)c2cnc(NC(=O)C3CC3C#N)cc2c1. The molecule has 0 spiro atoms. The van der Waals surface area contributed by atoms with E-state index in [2.05, 4.69) is 16.4 Å². The Labute approximate surface area is 197 Å². The van der Waals surface area contributed by atoms with Crippen LogP contribution in [-0.4, -0.2) is 29.5 Å². The van der Waals surface area contributed by atoms with Crippen LogP contribution in [0.4, 0.5) is 19.0 Å². The summed E-state index contributed by atoms with van der Waals surface area (Å²) in [6.45, 7) is 0.338. The Morgan fingerprint density at radius 1 is 1.24 bits per heavy atom. The summed E-state index contributed by atoms with van der Waals surface area (Å²) in [7, 11) is 0. The predicted molar refractivity (Wildman–Crippen MR) is 121 cm³/mol. The zero-order valence-electron chi connectivity index (χ0n) is 17.8. The fourth-order valence-electron chi connectivity index (χ4n) is 3.69. The third kappa shape index (κ3) is 5.13. The number of nitrogens with one attached hydrogen (secondary N) is 2. The topological polar surface area (TPSA) is 94.9 Å². The molecule has 1 aliphatic rings. The van der Waals surface area contributed by atoms with Gasteiger partial charge in [0.15, 0.2) is 0 Å². The summed E-state index contributed by atoms with van der Waals surface area (Å²) >= 11 is 6.45. The molecule has 2 aromatic carbocycles. The summed E-state index contributed by atoms with van der Waals surface area (Å²) in [6, 6.07) is 11.9. The molecule has 2 unspecified atom stereocenters. The van der Waals surface area contributed by atoms with Gasteiger partial charge in [-0.3, -0.25) is 9.59 Å². The number of aromatic nitrogens is 1. The molecule has 174 valence electrons. The largest absolute Gasteiger partial charge is 0.405 e. The first-order chi connectivity index (χ1) is 16.1. The number of alkyl halides is 3. The van der Waals surface area contributed by atoms with Crippen LogP contribution in [-0.2, 0) is 4.79 Å². The van der Waals surface area contributed by atoms with Crippen LogP contribution in [0.25, 0.3) is 21.9 Å². The fourth-order valence-corrected chi connectivity index (χ4v) is 3.97. The van der Waals surface area contributed by atoms with Gasteiger partial charge in [0.2, 0.25) is 5.91 Å². The summed E-state index contributed by atoms with van der Waals surface area (Å²) in [6.07, 6.45) is -2.40. The second-order valence-corrected chi connectivity index (χ2v) is 8.55. The maximum atomic E-state index is 12.4. The first kappa shape index (κ1) is 23.5. The van der Waals surface area contributed by atoms with E-state index in [-0.39, 0.29) is 23.3 Å². The molecule has 2 N–H and O–H groups in total. The lowest BCUT2D eigenvalue weighted by Crippen LogP contribution is -2.33. The number of pyridine rings is 1. The van der Waals surface area contributed by atoms with Gasteiger partial charge in [0, 0.05) is 17.1 Å². The molecule has 2 amide bonds. The molecule has 1 aliphatic carbocycles. The second-order valence-electron chi connectivity index (χ2n) is 8.14. The number of fused-ring (bicyclic) bond motifs is 1. The van der Waals surface area contributed by atoms with Crippen LogP contribution in [0.1, 0.15) is 22.3 Å². The van der Waals surface area contributed by atoms with Crippen molar-refractivity contribution in [3.05, 3.63) is 58.7 Å². The number of rotatable bonds is 5. The van der Waals surface area contributed by atoms with Gasteiger partial charge in [0.1, 0.15) is 12.4 Å². The van der Waals surface area contributed by atoms with Gasteiger partial charge in [-0.05, 0) is 65.8 Å². The fraction of sp³-hybridized carbons (Fsp3) is 0.250. The molecule has 34 heavy (non-hydrogen) atoms. The number of hydrogen-bond donors (Lipinski definition) is 2. The molecule has 0 aliphatic heterocycles. The quantitative estimate of drug-likeness (QED) is 0.514. The molecular formula is C24H18ClF3N4O2. The molecule has 4 rings (SSSR count). The highest BCUT2D eigenvalue weighted by atomic mass is 35.5. The minimum Gasteiger partial charge on any atom is -0.343 e. The number of nitriles is 1. The summed E-state index contributed by atoms with van der Waals surface area (Å²) < 4.78 is 37.1. The van der Waals surface area contributed by atoms with Crippen molar-refractivity contribution in [3.8, 4) is 17.2 Å². The van der Waals surface area contributed by atoms with Gasteiger partial charge < -0.3 is 10.6 Å². The van der Waals surface area contributed by atoms with Crippen LogP contribution in [0.3, 0.4) is 0 Å². The van der Waals surface area contributed by atoms with Gasteiger partial charge in [-0.2, -0.15) is 18.4 Å². The number of benzene rings is 2. The molecular weight excluding hydrogens is 469 g/mol. The summed E-state index contributed by atoms with van der Waals surface area (Å²) in [5.74, 6) is -1.32. The van der Waals surface area contributed by atoms with Crippen LogP contribution < -0.4 is 10.6 Å². The Morgan fingerprint density at radius 2 is 2.00 bits per heavy atom. The van der Waals surface area contributed by atoms with Crippen LogP contribution in [0.5, 0.6) is 0 Å². The summed E-state index contributed by atoms with van der Waals surface area (Å²) in [4.78, 5) is 28.5. The maximum Gasteiger partial charge on any atom is 0.405 e. The highest BCUT2D eigenvalue weighted by Crippen LogP contribution is 2.39. The lowest BCUT2D eigenvalue weighted by molar-refractivity contribution is -0.123. The van der Waals surface area contributed by atoms with E-state index in [1.807, 2.05) is 11.4 Å². The Balaban J connectivity index is 1.59. The Kier molecular flexibility index (Phi) is 6.19. The number of aryl methyl sites for hydroxylation is 1. The second kappa shape index (κ2) is 8.95. The van der Waals surface area contributed by atoms with E-state index in [1.54, 1.807) is 31.3 Å². The van der Waals surface area contributed by atoms with Crippen LogP contribution in [0.2, 0.25) is 5.02 Å². The van der Waals surface area contributed by atoms with Gasteiger partial charge in [-0.15, -0.1) is 0 Å². The summed E-state index contributed by atoms with van der Waals surface area (Å²) in [5, 5.41) is 15.3. The number of nitrogens with zero attached hydrogens (tertiary/aromatic N) is 2. The van der Waals surface area contributed by atoms with Gasteiger partial charge in [-0.1, -0.05) is 17.7 Å². The molecule has 0 bridgehead atoms. The molecule has 1 aromatic heterocycles. The minimum absolute atomic E-state index is 0.113. The van der Waals surface area contributed by atoms with Crippen molar-refractivity contribution >= 4 is 40.0 Å². The first-order valence-electron chi connectivity index (χ1n) is 10.3. The zero-order chi connectivity index (χ0) is 24.6. The van der Waals surface area contributed by atoms with Gasteiger partial charge in [0.25, 0.3) is 5.91 Å².